The standard InChI is InChI=1S/C11H14NO3/c1-15-11(13)9-4-5-10-8(7-9)3-2-6-12(10)14/h2-3,6,9,14H,4-5,7H2,1H3/q+1. The van der Waals surface area contributed by atoms with Crippen LogP contribution in [0.1, 0.15) is 17.7 Å². The van der Waals surface area contributed by atoms with E-state index >= 15 is 0 Å². The van der Waals surface area contributed by atoms with Crippen LogP contribution in [0.15, 0.2) is 18.3 Å². The number of methoxy groups -OCH3 is 1. The number of ether oxygens (including phenoxy) is 1. The summed E-state index contributed by atoms with van der Waals surface area (Å²) in [6.45, 7) is 0. The second-order valence-electron chi connectivity index (χ2n) is 3.79. The fraction of sp³-hybridized carbons (Fsp3) is 0.455. The summed E-state index contributed by atoms with van der Waals surface area (Å²) in [5.41, 5.74) is 1.93. The van der Waals surface area contributed by atoms with Crippen molar-refractivity contribution in [3.8, 4) is 0 Å². The Hall–Kier alpha value is -1.58. The Kier molecular flexibility index (Phi) is 2.58. The van der Waals surface area contributed by atoms with E-state index in [0.29, 0.717) is 12.8 Å². The van der Waals surface area contributed by atoms with Crippen molar-refractivity contribution in [3.05, 3.63) is 29.6 Å². The molecule has 0 fully saturated rings. The van der Waals surface area contributed by atoms with Crippen LogP contribution in [-0.4, -0.2) is 18.3 Å². The summed E-state index contributed by atoms with van der Waals surface area (Å²) in [6, 6.07) is 3.72. The Morgan fingerprint density at radius 2 is 2.47 bits per heavy atom. The van der Waals surface area contributed by atoms with E-state index < -0.39 is 0 Å². The predicted octanol–water partition coefficient (Wildman–Crippen LogP) is 0.489. The summed E-state index contributed by atoms with van der Waals surface area (Å²) in [5, 5.41) is 9.54. The third-order valence-electron chi connectivity index (χ3n) is 2.90. The highest BCUT2D eigenvalue weighted by molar-refractivity contribution is 5.73. The molecule has 80 valence electrons. The van der Waals surface area contributed by atoms with Crippen molar-refractivity contribution in [1.29, 1.82) is 0 Å². The molecule has 4 heteroatoms. The Balaban J connectivity index is 2.24. The lowest BCUT2D eigenvalue weighted by atomic mass is 9.87. The Labute approximate surface area is 88.1 Å². The van der Waals surface area contributed by atoms with Gasteiger partial charge in [-0.3, -0.25) is 10.0 Å². The molecule has 0 aliphatic heterocycles. The fourth-order valence-electron chi connectivity index (χ4n) is 2.08. The molecule has 0 aromatic carbocycles. The molecule has 1 N–H and O–H groups in total. The lowest BCUT2D eigenvalue weighted by Crippen LogP contribution is -2.39. The van der Waals surface area contributed by atoms with Gasteiger partial charge in [0.2, 0.25) is 11.9 Å². The van der Waals surface area contributed by atoms with Gasteiger partial charge in [0, 0.05) is 22.8 Å². The molecule has 0 bridgehead atoms. The van der Waals surface area contributed by atoms with Gasteiger partial charge in [0.05, 0.1) is 13.0 Å². The average Bonchev–Trinajstić information content (AvgIpc) is 2.28. The SMILES string of the molecule is COC(=O)C1CCc2c(ccc[n+]2O)C1. The molecule has 4 nitrogen and oxygen atoms in total. The molecular weight excluding hydrogens is 194 g/mol. The summed E-state index contributed by atoms with van der Waals surface area (Å²) < 4.78 is 5.87. The zero-order valence-electron chi connectivity index (χ0n) is 8.64. The van der Waals surface area contributed by atoms with Crippen LogP contribution in [-0.2, 0) is 22.4 Å². The van der Waals surface area contributed by atoms with Gasteiger partial charge in [-0.2, -0.15) is 0 Å². The first kappa shape index (κ1) is 9.96. The van der Waals surface area contributed by atoms with Gasteiger partial charge >= 0.3 is 5.97 Å². The molecule has 1 aromatic rings. The minimum absolute atomic E-state index is 0.0649. The molecule has 0 saturated carbocycles. The maximum Gasteiger partial charge on any atom is 0.309 e. The number of aromatic nitrogens is 1. The van der Waals surface area contributed by atoms with Crippen LogP contribution >= 0.6 is 0 Å². The largest absolute Gasteiger partial charge is 0.469 e. The lowest BCUT2D eigenvalue weighted by molar-refractivity contribution is -0.910. The molecule has 1 heterocycles. The van der Waals surface area contributed by atoms with Gasteiger partial charge in [0.1, 0.15) is 0 Å². The van der Waals surface area contributed by atoms with Crippen LogP contribution < -0.4 is 4.73 Å². The predicted molar refractivity (Wildman–Crippen MR) is 51.4 cm³/mol. The van der Waals surface area contributed by atoms with Gasteiger partial charge in [-0.1, -0.05) is 0 Å². The lowest BCUT2D eigenvalue weighted by Gasteiger charge is -2.18. The second kappa shape index (κ2) is 3.88. The number of esters is 1. The molecule has 2 rings (SSSR count). The third kappa shape index (κ3) is 1.79. The molecule has 0 amide bonds. The van der Waals surface area contributed by atoms with E-state index in [-0.39, 0.29) is 11.9 Å². The van der Waals surface area contributed by atoms with Crippen LogP contribution in [0.25, 0.3) is 0 Å². The molecule has 15 heavy (non-hydrogen) atoms. The van der Waals surface area contributed by atoms with Gasteiger partial charge in [0.25, 0.3) is 0 Å². The van der Waals surface area contributed by atoms with Crippen molar-refractivity contribution in [1.82, 2.24) is 0 Å². The summed E-state index contributed by atoms with van der Waals surface area (Å²) in [5.74, 6) is -0.223. The number of rotatable bonds is 1. The number of pyridine rings is 1. The van der Waals surface area contributed by atoms with Crippen LogP contribution in [0.5, 0.6) is 0 Å². The number of fused-ring (bicyclic) bond motifs is 1. The van der Waals surface area contributed by atoms with E-state index in [1.807, 2.05) is 6.07 Å². The van der Waals surface area contributed by atoms with E-state index in [1.165, 1.54) is 7.11 Å². The number of hydrogen-bond donors (Lipinski definition) is 1. The summed E-state index contributed by atoms with van der Waals surface area (Å²) >= 11 is 0. The number of hydrogen-bond acceptors (Lipinski definition) is 3. The highest BCUT2D eigenvalue weighted by atomic mass is 16.5. The molecule has 1 aliphatic carbocycles. The summed E-state index contributed by atoms with van der Waals surface area (Å²) in [4.78, 5) is 11.4. The zero-order valence-corrected chi connectivity index (χ0v) is 8.64. The van der Waals surface area contributed by atoms with Gasteiger partial charge in [-0.15, -0.1) is 0 Å². The Morgan fingerprint density at radius 1 is 1.67 bits per heavy atom. The molecule has 0 radical (unpaired) electrons. The van der Waals surface area contributed by atoms with E-state index in [9.17, 15) is 10.0 Å². The smallest absolute Gasteiger partial charge is 0.309 e. The van der Waals surface area contributed by atoms with Crippen molar-refractivity contribution < 1.29 is 19.5 Å². The Morgan fingerprint density at radius 3 is 3.20 bits per heavy atom. The zero-order chi connectivity index (χ0) is 10.8. The van der Waals surface area contributed by atoms with Crippen LogP contribution in [0.4, 0.5) is 0 Å². The molecule has 0 saturated heterocycles. The number of carbonyl (C=O) groups is 1. The first-order valence-electron chi connectivity index (χ1n) is 5.02. The normalized spacial score (nSPS) is 19.4. The van der Waals surface area contributed by atoms with Crippen LogP contribution in [0.3, 0.4) is 0 Å². The summed E-state index contributed by atoms with van der Waals surface area (Å²) in [7, 11) is 1.41. The topological polar surface area (TPSA) is 50.4 Å². The van der Waals surface area contributed by atoms with E-state index in [4.69, 9.17) is 4.74 Å². The van der Waals surface area contributed by atoms with Crippen molar-refractivity contribution >= 4 is 5.97 Å². The maximum atomic E-state index is 11.4. The molecular formula is C11H14NO3+. The number of nitrogens with zero attached hydrogens (tertiary/aromatic N) is 1. The average molecular weight is 208 g/mol. The van der Waals surface area contributed by atoms with Crippen LogP contribution in [0, 0.1) is 5.92 Å². The Bertz CT molecular complexity index is 389. The van der Waals surface area contributed by atoms with Gasteiger partial charge in [0.15, 0.2) is 0 Å². The van der Waals surface area contributed by atoms with Crippen molar-refractivity contribution in [3.63, 3.8) is 0 Å². The van der Waals surface area contributed by atoms with E-state index in [1.54, 1.807) is 12.3 Å². The minimum Gasteiger partial charge on any atom is -0.469 e. The number of carbonyl (C=O) groups excluding carboxylic acids is 1. The maximum absolute atomic E-state index is 11.4. The van der Waals surface area contributed by atoms with Gasteiger partial charge in [-0.05, 0) is 18.9 Å². The van der Waals surface area contributed by atoms with Crippen molar-refractivity contribution in [2.75, 3.05) is 7.11 Å². The highest BCUT2D eigenvalue weighted by Crippen LogP contribution is 2.23. The van der Waals surface area contributed by atoms with E-state index in [2.05, 4.69) is 0 Å². The third-order valence-corrected chi connectivity index (χ3v) is 2.90. The van der Waals surface area contributed by atoms with E-state index in [0.717, 1.165) is 22.4 Å². The first-order chi connectivity index (χ1) is 7.22. The molecule has 0 spiro atoms. The van der Waals surface area contributed by atoms with Gasteiger partial charge < -0.3 is 4.74 Å². The van der Waals surface area contributed by atoms with Crippen LogP contribution in [0.2, 0.25) is 0 Å². The minimum atomic E-state index is -0.158. The molecule has 1 aromatic heterocycles. The summed E-state index contributed by atoms with van der Waals surface area (Å²) in [6.07, 6.45) is 3.72. The molecule has 1 unspecified atom stereocenters. The monoisotopic (exact) mass is 208 g/mol. The first-order valence-corrected chi connectivity index (χ1v) is 5.02. The molecule has 1 atom stereocenters. The van der Waals surface area contributed by atoms with Crippen molar-refractivity contribution in [2.45, 2.75) is 19.3 Å². The highest BCUT2D eigenvalue weighted by Gasteiger charge is 2.30. The fourth-order valence-corrected chi connectivity index (χ4v) is 2.08. The molecule has 1 aliphatic rings. The second-order valence-corrected chi connectivity index (χ2v) is 3.79. The van der Waals surface area contributed by atoms with Crippen molar-refractivity contribution in [2.24, 2.45) is 5.92 Å². The van der Waals surface area contributed by atoms with Gasteiger partial charge in [-0.25, -0.2) is 0 Å². The quantitative estimate of drug-likeness (QED) is 0.415.